The zero-order valence-electron chi connectivity index (χ0n) is 14.6. The largest absolute Gasteiger partial charge is 0.340 e. The molecule has 0 spiro atoms. The summed E-state index contributed by atoms with van der Waals surface area (Å²) in [7, 11) is 0. The van der Waals surface area contributed by atoms with Crippen molar-refractivity contribution in [3.8, 4) is 0 Å². The van der Waals surface area contributed by atoms with Gasteiger partial charge in [-0.2, -0.15) is 0 Å². The lowest BCUT2D eigenvalue weighted by Crippen LogP contribution is -2.48. The van der Waals surface area contributed by atoms with Crippen LogP contribution in [0.3, 0.4) is 0 Å². The lowest BCUT2D eigenvalue weighted by atomic mass is 9.92. The molecular formula is C19H24N4OS. The van der Waals surface area contributed by atoms with Gasteiger partial charge in [0.2, 0.25) is 11.9 Å². The lowest BCUT2D eigenvalue weighted by Gasteiger charge is -2.40. The first-order valence-electron chi connectivity index (χ1n) is 9.16. The second-order valence-corrected chi connectivity index (χ2v) is 7.84. The molecule has 2 aromatic heterocycles. The second-order valence-electron chi connectivity index (χ2n) is 6.84. The summed E-state index contributed by atoms with van der Waals surface area (Å²) in [5.74, 6) is 1.10. The number of nitrogens with zero attached hydrogens (tertiary/aromatic N) is 4. The van der Waals surface area contributed by atoms with E-state index in [0.29, 0.717) is 5.91 Å². The van der Waals surface area contributed by atoms with E-state index in [4.69, 9.17) is 0 Å². The highest BCUT2D eigenvalue weighted by Gasteiger charge is 2.36. The number of piperidine rings is 1. The number of thiophene rings is 1. The number of anilines is 1. The molecule has 0 radical (unpaired) electrons. The number of carbonyl (C=O) groups is 1. The molecule has 2 aliphatic heterocycles. The van der Waals surface area contributed by atoms with E-state index in [1.54, 1.807) is 12.4 Å². The summed E-state index contributed by atoms with van der Waals surface area (Å²) in [5.41, 5.74) is 1.37. The molecule has 2 atom stereocenters. The van der Waals surface area contributed by atoms with Crippen LogP contribution in [0.4, 0.5) is 5.95 Å². The number of aromatic nitrogens is 2. The molecule has 4 rings (SSSR count). The molecular weight excluding hydrogens is 332 g/mol. The fraction of sp³-hybridized carbons (Fsp3) is 0.526. The Kier molecular flexibility index (Phi) is 4.70. The highest BCUT2D eigenvalue weighted by molar-refractivity contribution is 7.10. The van der Waals surface area contributed by atoms with Crippen molar-refractivity contribution in [2.45, 2.75) is 38.6 Å². The maximum absolute atomic E-state index is 13.3. The summed E-state index contributed by atoms with van der Waals surface area (Å²) < 4.78 is 0. The molecule has 5 nitrogen and oxygen atoms in total. The molecule has 0 aliphatic carbocycles. The SMILES string of the molecule is CCC1c2ccsc2CCN1C(=O)C1CCCN(c2ncccn2)C1. The normalized spacial score (nSPS) is 23.4. The van der Waals surface area contributed by atoms with Crippen molar-refractivity contribution in [2.24, 2.45) is 5.92 Å². The highest BCUT2D eigenvalue weighted by Crippen LogP contribution is 2.36. The van der Waals surface area contributed by atoms with E-state index >= 15 is 0 Å². The number of amides is 1. The molecule has 0 N–H and O–H groups in total. The van der Waals surface area contributed by atoms with E-state index < -0.39 is 0 Å². The van der Waals surface area contributed by atoms with Gasteiger partial charge in [0.15, 0.2) is 0 Å². The summed E-state index contributed by atoms with van der Waals surface area (Å²) in [6, 6.07) is 4.28. The lowest BCUT2D eigenvalue weighted by molar-refractivity contribution is -0.139. The molecule has 4 heterocycles. The number of hydrogen-bond donors (Lipinski definition) is 0. The molecule has 1 amide bonds. The Labute approximate surface area is 152 Å². The average molecular weight is 356 g/mol. The predicted molar refractivity (Wildman–Crippen MR) is 99.7 cm³/mol. The van der Waals surface area contributed by atoms with Crippen molar-refractivity contribution in [3.63, 3.8) is 0 Å². The van der Waals surface area contributed by atoms with Crippen molar-refractivity contribution in [3.05, 3.63) is 40.3 Å². The van der Waals surface area contributed by atoms with Gasteiger partial charge in [-0.1, -0.05) is 6.92 Å². The molecule has 1 fully saturated rings. The molecule has 2 aromatic rings. The Morgan fingerprint density at radius 1 is 1.32 bits per heavy atom. The molecule has 25 heavy (non-hydrogen) atoms. The molecule has 132 valence electrons. The number of carbonyl (C=O) groups excluding carboxylic acids is 1. The van der Waals surface area contributed by atoms with Crippen LogP contribution in [-0.4, -0.2) is 40.4 Å². The van der Waals surface area contributed by atoms with Gasteiger partial charge in [0.05, 0.1) is 12.0 Å². The third-order valence-corrected chi connectivity index (χ3v) is 6.37. The monoisotopic (exact) mass is 356 g/mol. The smallest absolute Gasteiger partial charge is 0.227 e. The Morgan fingerprint density at radius 3 is 2.96 bits per heavy atom. The van der Waals surface area contributed by atoms with Gasteiger partial charge in [-0.15, -0.1) is 11.3 Å². The predicted octanol–water partition coefficient (Wildman–Crippen LogP) is 3.29. The van der Waals surface area contributed by atoms with Crippen molar-refractivity contribution in [1.29, 1.82) is 0 Å². The second kappa shape index (κ2) is 7.12. The van der Waals surface area contributed by atoms with Crippen molar-refractivity contribution in [1.82, 2.24) is 14.9 Å². The number of fused-ring (bicyclic) bond motifs is 1. The minimum atomic E-state index is 0.0480. The first-order valence-corrected chi connectivity index (χ1v) is 10.0. The zero-order valence-corrected chi connectivity index (χ0v) is 15.4. The minimum Gasteiger partial charge on any atom is -0.340 e. The maximum atomic E-state index is 13.3. The summed E-state index contributed by atoms with van der Waals surface area (Å²) in [6.07, 6.45) is 7.49. The van der Waals surface area contributed by atoms with Crippen molar-refractivity contribution in [2.75, 3.05) is 24.5 Å². The molecule has 6 heteroatoms. The Bertz CT molecular complexity index is 732. The van der Waals surface area contributed by atoms with E-state index in [2.05, 4.69) is 38.1 Å². The third kappa shape index (κ3) is 3.15. The molecule has 0 saturated carbocycles. The van der Waals surface area contributed by atoms with Crippen LogP contribution < -0.4 is 4.90 Å². The van der Waals surface area contributed by atoms with Crippen LogP contribution in [0.2, 0.25) is 0 Å². The molecule has 2 aliphatic rings. The van der Waals surface area contributed by atoms with Crippen LogP contribution >= 0.6 is 11.3 Å². The van der Waals surface area contributed by atoms with Gasteiger partial charge >= 0.3 is 0 Å². The van der Waals surface area contributed by atoms with Crippen LogP contribution in [0.1, 0.15) is 42.7 Å². The van der Waals surface area contributed by atoms with Crippen LogP contribution in [0.15, 0.2) is 29.9 Å². The summed E-state index contributed by atoms with van der Waals surface area (Å²) in [4.78, 5) is 27.8. The summed E-state index contributed by atoms with van der Waals surface area (Å²) in [6.45, 7) is 4.69. The number of rotatable bonds is 3. The van der Waals surface area contributed by atoms with E-state index in [-0.39, 0.29) is 12.0 Å². The highest BCUT2D eigenvalue weighted by atomic mass is 32.1. The zero-order chi connectivity index (χ0) is 17.2. The summed E-state index contributed by atoms with van der Waals surface area (Å²) in [5, 5.41) is 2.16. The quantitative estimate of drug-likeness (QED) is 0.847. The number of hydrogen-bond acceptors (Lipinski definition) is 5. The standard InChI is InChI=1S/C19H24N4OS/c1-2-16-15-7-12-25-17(15)6-11-23(16)18(24)14-5-3-10-22(13-14)19-20-8-4-9-21-19/h4,7-9,12,14,16H,2-3,5-6,10-11,13H2,1H3. The van der Waals surface area contributed by atoms with Crippen molar-refractivity contribution < 1.29 is 4.79 Å². The Morgan fingerprint density at radius 2 is 2.16 bits per heavy atom. The van der Waals surface area contributed by atoms with Crippen LogP contribution in [-0.2, 0) is 11.2 Å². The molecule has 0 bridgehead atoms. The fourth-order valence-electron chi connectivity index (χ4n) is 4.15. The van der Waals surface area contributed by atoms with Gasteiger partial charge in [0.1, 0.15) is 0 Å². The minimum absolute atomic E-state index is 0.0480. The third-order valence-electron chi connectivity index (χ3n) is 5.37. The van der Waals surface area contributed by atoms with Gasteiger partial charge in [0, 0.05) is 36.9 Å². The van der Waals surface area contributed by atoms with Gasteiger partial charge in [-0.3, -0.25) is 4.79 Å². The van der Waals surface area contributed by atoms with Gasteiger partial charge in [-0.25, -0.2) is 9.97 Å². The fourth-order valence-corrected chi connectivity index (χ4v) is 5.08. The maximum Gasteiger partial charge on any atom is 0.227 e. The van der Waals surface area contributed by atoms with E-state index in [1.165, 1.54) is 10.4 Å². The van der Waals surface area contributed by atoms with E-state index in [0.717, 1.165) is 51.3 Å². The van der Waals surface area contributed by atoms with Crippen LogP contribution in [0.25, 0.3) is 0 Å². The van der Waals surface area contributed by atoms with Gasteiger partial charge in [-0.05, 0) is 48.8 Å². The van der Waals surface area contributed by atoms with E-state index in [9.17, 15) is 4.79 Å². The molecule has 1 saturated heterocycles. The molecule has 2 unspecified atom stereocenters. The van der Waals surface area contributed by atoms with Gasteiger partial charge in [0.25, 0.3) is 0 Å². The Hall–Kier alpha value is -1.95. The van der Waals surface area contributed by atoms with Gasteiger partial charge < -0.3 is 9.80 Å². The molecule has 0 aromatic carbocycles. The Balaban J connectivity index is 1.50. The summed E-state index contributed by atoms with van der Waals surface area (Å²) >= 11 is 1.83. The topological polar surface area (TPSA) is 49.3 Å². The first-order chi connectivity index (χ1) is 12.3. The van der Waals surface area contributed by atoms with E-state index in [1.807, 2.05) is 17.4 Å². The van der Waals surface area contributed by atoms with Crippen molar-refractivity contribution >= 4 is 23.2 Å². The average Bonchev–Trinajstić information content (AvgIpc) is 3.16. The van der Waals surface area contributed by atoms with Crippen LogP contribution in [0, 0.1) is 5.92 Å². The van der Waals surface area contributed by atoms with Crippen LogP contribution in [0.5, 0.6) is 0 Å². The first kappa shape index (κ1) is 16.5.